The molecule has 2 rings (SSSR count). The number of hydrogen-bond acceptors (Lipinski definition) is 8. The summed E-state index contributed by atoms with van der Waals surface area (Å²) in [6.07, 6.45) is -0.587. The zero-order valence-electron chi connectivity index (χ0n) is 17.7. The highest BCUT2D eigenvalue weighted by Crippen LogP contribution is 2.36. The van der Waals surface area contributed by atoms with Crippen molar-refractivity contribution in [1.29, 1.82) is 0 Å². The van der Waals surface area contributed by atoms with E-state index in [0.717, 1.165) is 0 Å². The van der Waals surface area contributed by atoms with Crippen LogP contribution in [0.15, 0.2) is 42.5 Å². The van der Waals surface area contributed by atoms with Crippen molar-refractivity contribution in [2.75, 3.05) is 32.6 Å². The average molecular weight is 470 g/mol. The molecule has 0 spiro atoms. The Hall–Kier alpha value is -2.01. The van der Waals surface area contributed by atoms with Gasteiger partial charge in [-0.15, -0.1) is 0 Å². The average Bonchev–Trinajstić information content (AvgIpc) is 2.73. The van der Waals surface area contributed by atoms with Crippen LogP contribution in [0.5, 0.6) is 11.5 Å². The molecule has 0 aliphatic rings. The summed E-state index contributed by atoms with van der Waals surface area (Å²) in [6, 6.07) is 10.4. The Bertz CT molecular complexity index is 907. The van der Waals surface area contributed by atoms with Crippen LogP contribution in [0.3, 0.4) is 0 Å². The Kier molecular flexibility index (Phi) is 10.1. The number of aliphatic hydroxyl groups excluding tert-OH is 3. The third-order valence-corrected chi connectivity index (χ3v) is 5.82. The first-order valence-electron chi connectivity index (χ1n) is 10.1. The van der Waals surface area contributed by atoms with E-state index in [1.54, 1.807) is 35.2 Å². The maximum atomic E-state index is 11.7. The van der Waals surface area contributed by atoms with E-state index in [-0.39, 0.29) is 57.5 Å². The Labute approximate surface area is 186 Å². The van der Waals surface area contributed by atoms with Gasteiger partial charge in [0.15, 0.2) is 0 Å². The normalized spacial score (nSPS) is 13.1. The molecule has 0 aliphatic carbocycles. The van der Waals surface area contributed by atoms with Gasteiger partial charge in [-0.2, -0.15) is 0 Å². The van der Waals surface area contributed by atoms with Crippen LogP contribution < -0.4 is 0 Å². The zero-order chi connectivity index (χ0) is 23.7. The van der Waals surface area contributed by atoms with Crippen LogP contribution in [0.2, 0.25) is 0 Å². The molecule has 11 heteroatoms. The lowest BCUT2D eigenvalue weighted by Crippen LogP contribution is -2.47. The van der Waals surface area contributed by atoms with Gasteiger partial charge < -0.3 is 35.3 Å². The van der Waals surface area contributed by atoms with Gasteiger partial charge in [0.2, 0.25) is 0 Å². The van der Waals surface area contributed by atoms with E-state index in [0.29, 0.717) is 16.7 Å². The molecule has 2 aromatic carbocycles. The van der Waals surface area contributed by atoms with E-state index in [1.807, 2.05) is 0 Å². The third-order valence-electron chi connectivity index (χ3n) is 5.05. The minimum Gasteiger partial charge on any atom is -0.508 e. The predicted octanol–water partition coefficient (Wildman–Crippen LogP) is 0.383. The van der Waals surface area contributed by atoms with E-state index in [2.05, 4.69) is 0 Å². The summed E-state index contributed by atoms with van der Waals surface area (Å²) in [4.78, 5) is 22.2. The fraction of sp³-hybridized carbons (Fsp3) is 0.429. The zero-order valence-corrected chi connectivity index (χ0v) is 18.6. The Morgan fingerprint density at radius 1 is 0.906 bits per heavy atom. The quantitative estimate of drug-likeness (QED) is 0.204. The Morgan fingerprint density at radius 3 is 2.19 bits per heavy atom. The molecular weight excluding hydrogens is 439 g/mol. The lowest BCUT2D eigenvalue weighted by Gasteiger charge is -2.34. The fourth-order valence-corrected chi connectivity index (χ4v) is 4.24. The lowest BCUT2D eigenvalue weighted by molar-refractivity contribution is 0.0678. The molecule has 0 saturated carbocycles. The molecule has 32 heavy (non-hydrogen) atoms. The van der Waals surface area contributed by atoms with Crippen LogP contribution in [0.1, 0.15) is 16.7 Å². The van der Waals surface area contributed by atoms with Crippen molar-refractivity contribution in [3.8, 4) is 11.5 Å². The summed E-state index contributed by atoms with van der Waals surface area (Å²) in [6.45, 7) is -0.510. The van der Waals surface area contributed by atoms with Gasteiger partial charge in [0.25, 0.3) is 0 Å². The van der Waals surface area contributed by atoms with E-state index in [9.17, 15) is 39.9 Å². The van der Waals surface area contributed by atoms with Gasteiger partial charge in [-0.25, -0.2) is 0 Å². The van der Waals surface area contributed by atoms with Gasteiger partial charge >= 0.3 is 7.60 Å². The summed E-state index contributed by atoms with van der Waals surface area (Å²) < 4.78 is 11.7. The standard InChI is InChI=1S/C21H31N2O8P/c24-8-7-23(11-18-9-16(13-25)5-6-21(18)28)19(14-26)12-22(15-32(29,30)31)10-17-3-1-2-4-20(17)27/h1-6,9,19,24-28H,7-8,10-15H2,(H2,29,30,31). The largest absolute Gasteiger partial charge is 0.508 e. The highest BCUT2D eigenvalue weighted by molar-refractivity contribution is 7.51. The second kappa shape index (κ2) is 12.3. The van der Waals surface area contributed by atoms with Gasteiger partial charge in [0.1, 0.15) is 17.8 Å². The summed E-state index contributed by atoms with van der Waals surface area (Å²) in [7, 11) is -4.44. The molecule has 0 heterocycles. The minimum atomic E-state index is -4.44. The maximum Gasteiger partial charge on any atom is 0.339 e. The first kappa shape index (κ1) is 26.2. The molecular formula is C21H31N2O8P. The molecule has 0 saturated heterocycles. The molecule has 0 aliphatic heterocycles. The number of hydrogen-bond donors (Lipinski definition) is 7. The van der Waals surface area contributed by atoms with Crippen molar-refractivity contribution in [1.82, 2.24) is 9.80 Å². The van der Waals surface area contributed by atoms with Crippen LogP contribution in [0, 0.1) is 0 Å². The van der Waals surface area contributed by atoms with Gasteiger partial charge in [0, 0.05) is 43.3 Å². The smallest absolute Gasteiger partial charge is 0.339 e. The van der Waals surface area contributed by atoms with Gasteiger partial charge in [-0.05, 0) is 23.8 Å². The predicted molar refractivity (Wildman–Crippen MR) is 118 cm³/mol. The van der Waals surface area contributed by atoms with Crippen molar-refractivity contribution in [2.24, 2.45) is 0 Å². The third kappa shape index (κ3) is 8.16. The molecule has 0 radical (unpaired) electrons. The topological polar surface area (TPSA) is 165 Å². The SMILES string of the molecule is O=P(O)(O)CN(Cc1ccccc1O)CC(CO)N(CCO)Cc1cc(CO)ccc1O. The van der Waals surface area contributed by atoms with Crippen molar-refractivity contribution in [3.63, 3.8) is 0 Å². The van der Waals surface area contributed by atoms with Gasteiger partial charge in [-0.1, -0.05) is 24.3 Å². The number of rotatable bonds is 13. The van der Waals surface area contributed by atoms with Crippen LogP contribution in [0.4, 0.5) is 0 Å². The molecule has 0 bridgehead atoms. The molecule has 0 fully saturated rings. The molecule has 0 aromatic heterocycles. The summed E-state index contributed by atoms with van der Waals surface area (Å²) in [5.41, 5.74) is 1.54. The van der Waals surface area contributed by atoms with Crippen molar-refractivity contribution in [3.05, 3.63) is 59.2 Å². The van der Waals surface area contributed by atoms with Crippen molar-refractivity contribution in [2.45, 2.75) is 25.7 Å². The summed E-state index contributed by atoms with van der Waals surface area (Å²) in [5, 5.41) is 49.2. The van der Waals surface area contributed by atoms with Crippen molar-refractivity contribution < 1.29 is 39.9 Å². The minimum absolute atomic E-state index is 0.0110. The van der Waals surface area contributed by atoms with E-state index < -0.39 is 19.9 Å². The monoisotopic (exact) mass is 470 g/mol. The van der Waals surface area contributed by atoms with E-state index in [4.69, 9.17) is 0 Å². The Balaban J connectivity index is 2.26. The molecule has 2 aromatic rings. The summed E-state index contributed by atoms with van der Waals surface area (Å²) >= 11 is 0. The number of aromatic hydroxyl groups is 2. The van der Waals surface area contributed by atoms with E-state index >= 15 is 0 Å². The molecule has 10 nitrogen and oxygen atoms in total. The lowest BCUT2D eigenvalue weighted by atomic mass is 10.1. The van der Waals surface area contributed by atoms with Gasteiger partial charge in [-0.3, -0.25) is 14.4 Å². The second-order valence-electron chi connectivity index (χ2n) is 7.60. The molecule has 0 amide bonds. The number of aliphatic hydroxyl groups is 3. The van der Waals surface area contributed by atoms with Crippen LogP contribution in [-0.4, -0.2) is 83.8 Å². The van der Waals surface area contributed by atoms with Crippen LogP contribution in [-0.2, 0) is 24.3 Å². The number of benzene rings is 2. The highest BCUT2D eigenvalue weighted by atomic mass is 31.2. The van der Waals surface area contributed by atoms with E-state index in [1.165, 1.54) is 17.0 Å². The van der Waals surface area contributed by atoms with Gasteiger partial charge in [0.05, 0.1) is 19.8 Å². The first-order valence-corrected chi connectivity index (χ1v) is 11.9. The highest BCUT2D eigenvalue weighted by Gasteiger charge is 2.26. The number of nitrogens with zero attached hydrogens (tertiary/aromatic N) is 2. The Morgan fingerprint density at radius 2 is 1.59 bits per heavy atom. The molecule has 178 valence electrons. The molecule has 7 N–H and O–H groups in total. The number of phenols is 2. The van der Waals surface area contributed by atoms with Crippen LogP contribution in [0.25, 0.3) is 0 Å². The molecule has 1 atom stereocenters. The number of para-hydroxylation sites is 1. The second-order valence-corrected chi connectivity index (χ2v) is 9.21. The maximum absolute atomic E-state index is 11.7. The fourth-order valence-electron chi connectivity index (χ4n) is 3.51. The molecule has 1 unspecified atom stereocenters. The van der Waals surface area contributed by atoms with Crippen LogP contribution >= 0.6 is 7.60 Å². The van der Waals surface area contributed by atoms with Crippen molar-refractivity contribution >= 4 is 7.60 Å². The first-order chi connectivity index (χ1) is 15.2. The number of phenolic OH excluding ortho intramolecular Hbond substituents is 2. The summed E-state index contributed by atoms with van der Waals surface area (Å²) in [5.74, 6) is -0.0233.